The number of aliphatic imine (C=N–C) groups is 1. The fraction of sp³-hybridized carbons (Fsp3) is 0.678. The smallest absolute Gasteiger partial charge is 0.115 e. The van der Waals surface area contributed by atoms with Crippen LogP contribution in [0.1, 0.15) is 453 Å². The van der Waals surface area contributed by atoms with Gasteiger partial charge in [0.25, 0.3) is 0 Å². The molecule has 0 atom stereocenters. The molecular formula is C118H267N21S. The lowest BCUT2D eigenvalue weighted by atomic mass is 10.1. The minimum Gasteiger partial charge on any atom is -0.391 e. The molecule has 0 spiro atoms. The Labute approximate surface area is 890 Å². The van der Waals surface area contributed by atoms with E-state index in [1.807, 2.05) is 498 Å². The summed E-state index contributed by atoms with van der Waals surface area (Å²) in [6.07, 6.45) is 55.6. The molecular weight excluding hydrogens is 1740 g/mol. The predicted octanol–water partition coefficient (Wildman–Crippen LogP) is 37.6. The third kappa shape index (κ3) is 385. The molecule has 140 heavy (non-hydrogen) atoms. The monoisotopic (exact) mass is 2010 g/mol. The zero-order valence-corrected chi connectivity index (χ0v) is 107. The maximum atomic E-state index is 3.85. The molecule has 0 unspecified atom stereocenters. The van der Waals surface area contributed by atoms with Crippen LogP contribution in [0.25, 0.3) is 0 Å². The molecule has 15 rings (SSSR count). The maximum Gasteiger partial charge on any atom is 0.115 e. The lowest BCUT2D eigenvalue weighted by molar-refractivity contribution is 0.277. The molecule has 22 heteroatoms. The van der Waals surface area contributed by atoms with Crippen LogP contribution in [-0.4, -0.2) is 164 Å². The van der Waals surface area contributed by atoms with Crippen molar-refractivity contribution in [1.29, 1.82) is 0 Å². The highest BCUT2D eigenvalue weighted by Crippen LogP contribution is 2.04. The van der Waals surface area contributed by atoms with Gasteiger partial charge < -0.3 is 52.1 Å². The lowest BCUT2D eigenvalue weighted by Crippen LogP contribution is -2.24. The van der Waals surface area contributed by atoms with E-state index >= 15 is 0 Å². The van der Waals surface area contributed by atoms with E-state index in [0.29, 0.717) is 0 Å². The van der Waals surface area contributed by atoms with Crippen molar-refractivity contribution in [3.8, 4) is 0 Å². The number of rotatable bonds is 0. The zero-order chi connectivity index (χ0) is 116. The molecule has 7 aliphatic heterocycles. The van der Waals surface area contributed by atoms with E-state index < -0.39 is 0 Å². The summed E-state index contributed by atoms with van der Waals surface area (Å²) < 4.78 is 0. The van der Waals surface area contributed by atoms with E-state index in [1.165, 1.54) is 83.9 Å². The molecule has 0 radical (unpaired) electrons. The van der Waals surface area contributed by atoms with Crippen molar-refractivity contribution in [3.63, 3.8) is 0 Å². The standard InChI is InChI=1S/C6H13N.C5H11N.C5H5N.3C4H4N2.3C4H7N.C4H5N.C4H4S.C3H8N2.C3H6N2.2C3H4N2.29C2H6/c1-7-5-3-2-4-6-7;2*1-2-4-6-5-3-1;1-2-6-4-3-5-1;1-2-5-4-6-3-1;1-2-4-6-5-3-1;5*1-2-4-5-3-1;3*1-2-5-3-4-1;1-2-4-5-3-1;29*1-2/h2-6H2,1H3;6H,1-5H2;1-5H;3*1-4H;2*1,3,5H,2,4H2;1-2,5H,3-4H2;1-5H;1-4H;4-5H,1-3H2;3H,1-2H2,(H,4,5);2*1-3H,(H,4,5);29*1-2H3. The summed E-state index contributed by atoms with van der Waals surface area (Å²) in [7, 11) is 2.19. The number of aromatic nitrogens is 12. The molecule has 10 N–H and O–H groups in total. The Morgan fingerprint density at radius 3 is 0.707 bits per heavy atom. The summed E-state index contributed by atoms with van der Waals surface area (Å²) in [5.41, 5.74) is 0. The van der Waals surface area contributed by atoms with E-state index in [-0.39, 0.29) is 0 Å². The van der Waals surface area contributed by atoms with E-state index in [9.17, 15) is 0 Å². The Bertz CT molecular complexity index is 1810. The molecule has 8 aromatic heterocycles. The van der Waals surface area contributed by atoms with Crippen molar-refractivity contribution in [2.24, 2.45) is 4.99 Å². The Morgan fingerprint density at radius 2 is 0.600 bits per heavy atom. The minimum atomic E-state index is 0.958. The van der Waals surface area contributed by atoms with Crippen LogP contribution in [0.2, 0.25) is 0 Å². The van der Waals surface area contributed by atoms with Crippen LogP contribution in [0, 0.1) is 0 Å². The molecule has 3 saturated heterocycles. The second-order valence-corrected chi connectivity index (χ2v) is 17.5. The number of nitrogens with one attached hydrogen (secondary N) is 10. The number of H-pyrrole nitrogens is 3. The number of likely N-dealkylation sites (tertiary alicyclic amines) is 1. The van der Waals surface area contributed by atoms with Crippen molar-refractivity contribution in [1.82, 2.24) is 102 Å². The van der Waals surface area contributed by atoms with Gasteiger partial charge in [0.05, 0.1) is 19.2 Å². The van der Waals surface area contributed by atoms with Gasteiger partial charge in [0, 0.05) is 152 Å². The van der Waals surface area contributed by atoms with Gasteiger partial charge in [-0.05, 0) is 143 Å². The number of piperidine rings is 2. The number of nitrogens with zero attached hydrogens (tertiary/aromatic N) is 11. The number of thiophene rings is 1. The highest BCUT2D eigenvalue weighted by molar-refractivity contribution is 7.07. The van der Waals surface area contributed by atoms with Gasteiger partial charge in [0.1, 0.15) is 6.33 Å². The van der Waals surface area contributed by atoms with Crippen LogP contribution in [-0.2, 0) is 0 Å². The highest BCUT2D eigenvalue weighted by Gasteiger charge is 2.02. The van der Waals surface area contributed by atoms with Crippen molar-refractivity contribution >= 4 is 17.7 Å². The second-order valence-electron chi connectivity index (χ2n) is 16.7. The molecule has 0 aromatic carbocycles. The molecule has 8 aromatic rings. The largest absolute Gasteiger partial charge is 0.391 e. The van der Waals surface area contributed by atoms with Gasteiger partial charge in [0.15, 0.2) is 0 Å². The number of hydrogen-bond acceptors (Lipinski definition) is 19. The van der Waals surface area contributed by atoms with Crippen LogP contribution < -0.4 is 37.2 Å². The van der Waals surface area contributed by atoms with Gasteiger partial charge in [-0.2, -0.15) is 26.6 Å². The first-order valence-corrected chi connectivity index (χ1v) is 57.9. The molecule has 850 valence electrons. The molecule has 0 aliphatic carbocycles. The van der Waals surface area contributed by atoms with Crippen LogP contribution in [0.3, 0.4) is 0 Å². The normalized spacial score (nSPS) is 9.71. The van der Waals surface area contributed by atoms with Crippen molar-refractivity contribution < 1.29 is 0 Å². The Morgan fingerprint density at radius 1 is 0.250 bits per heavy atom. The van der Waals surface area contributed by atoms with Gasteiger partial charge >= 0.3 is 0 Å². The fourth-order valence-corrected chi connectivity index (χ4v) is 6.33. The summed E-state index contributed by atoms with van der Waals surface area (Å²) >= 11 is 1.71. The van der Waals surface area contributed by atoms with Crippen LogP contribution in [0.15, 0.2) is 231 Å². The van der Waals surface area contributed by atoms with E-state index in [1.54, 1.807) is 117 Å². The third-order valence-electron chi connectivity index (χ3n) is 9.89. The minimum absolute atomic E-state index is 0.958. The van der Waals surface area contributed by atoms with E-state index in [2.05, 4.69) is 139 Å². The molecule has 3 fully saturated rings. The van der Waals surface area contributed by atoms with Gasteiger partial charge in [-0.25, -0.2) is 15.0 Å². The summed E-state index contributed by atoms with van der Waals surface area (Å²) in [4.78, 5) is 34.1. The molecule has 15 heterocycles. The average molecular weight is 2010 g/mol. The van der Waals surface area contributed by atoms with Crippen LogP contribution >= 0.6 is 11.3 Å². The summed E-state index contributed by atoms with van der Waals surface area (Å²) in [6, 6.07) is 20.9. The first-order valence-electron chi connectivity index (χ1n) is 56.9. The van der Waals surface area contributed by atoms with Gasteiger partial charge in [-0.3, -0.25) is 25.0 Å². The number of aromatic amines is 3. The Hall–Kier alpha value is -8.12. The van der Waals surface area contributed by atoms with Crippen LogP contribution in [0.4, 0.5) is 0 Å². The van der Waals surface area contributed by atoms with Crippen molar-refractivity contribution in [2.75, 3.05) is 92.3 Å². The SMILES string of the molecule is C1=CCNC1.C1=CNCC1.C1=CNCC1.C1=NCCN1.C1CCNCC1.C1CNCN1.CC.CC.CC.CC.CC.CC.CC.CC.CC.CC.CC.CC.CC.CC.CC.CC.CC.CC.CC.CC.CC.CC.CC.CC.CC.CC.CC.CC.CC.CN1CCCCC1.c1c[nH]cn1.c1cc[nH]c1.c1ccncc1.c1ccnnc1.c1ccsc1.c1cn[nH]c1.c1cnccn1.c1cncnc1. The van der Waals surface area contributed by atoms with E-state index in [0.717, 1.165) is 59.0 Å². The predicted molar refractivity (Wildman–Crippen MR) is 668 cm³/mol. The lowest BCUT2D eigenvalue weighted by Gasteiger charge is -2.20. The van der Waals surface area contributed by atoms with Gasteiger partial charge in [-0.1, -0.05) is 457 Å². The van der Waals surface area contributed by atoms with Crippen LogP contribution in [0.5, 0.6) is 0 Å². The number of imidazole rings is 1. The summed E-state index contributed by atoms with van der Waals surface area (Å²) in [5, 5.41) is 39.0. The fourth-order valence-electron chi connectivity index (χ4n) is 5.88. The molecule has 21 nitrogen and oxygen atoms in total. The van der Waals surface area contributed by atoms with Gasteiger partial charge in [-0.15, -0.1) is 0 Å². The zero-order valence-electron chi connectivity index (χ0n) is 106. The third-order valence-corrected chi connectivity index (χ3v) is 10.5. The Balaban J connectivity index is -0.0000000337. The first-order chi connectivity index (χ1) is 69.9. The summed E-state index contributed by atoms with van der Waals surface area (Å²) in [5.74, 6) is 0. The Kier molecular flexibility index (Phi) is 600. The molecule has 0 bridgehead atoms. The summed E-state index contributed by atoms with van der Waals surface area (Å²) in [6.45, 7) is 131. The van der Waals surface area contributed by atoms with Crippen molar-refractivity contribution in [3.05, 3.63) is 226 Å². The number of pyridine rings is 1. The highest BCUT2D eigenvalue weighted by atomic mass is 32.1. The molecule has 7 aliphatic rings. The quantitative estimate of drug-likeness (QED) is 0.0633. The topological polar surface area (TPSA) is 263 Å². The molecule has 0 amide bonds. The maximum absolute atomic E-state index is 3.85. The second kappa shape index (κ2) is 394. The average Bonchev–Trinajstić information content (AvgIpc) is 1.96. The first kappa shape index (κ1) is 213. The number of hydrogen-bond donors (Lipinski definition) is 10. The van der Waals surface area contributed by atoms with Gasteiger partial charge in [0.2, 0.25) is 0 Å². The molecule has 0 saturated carbocycles. The van der Waals surface area contributed by atoms with Crippen molar-refractivity contribution in [2.45, 2.75) is 453 Å². The van der Waals surface area contributed by atoms with E-state index in [4.69, 9.17) is 0 Å².